The molecule has 4 nitrogen and oxygen atoms in total. The number of ether oxygens (including phenoxy) is 1. The van der Waals surface area contributed by atoms with Crippen molar-refractivity contribution in [1.29, 1.82) is 0 Å². The van der Waals surface area contributed by atoms with E-state index in [9.17, 15) is 9.90 Å². The van der Waals surface area contributed by atoms with E-state index < -0.39 is 0 Å². The quantitative estimate of drug-likeness (QED) is 0.808. The lowest BCUT2D eigenvalue weighted by Crippen LogP contribution is -2.46. The van der Waals surface area contributed by atoms with Gasteiger partial charge in [0.05, 0.1) is 18.1 Å². The zero-order chi connectivity index (χ0) is 13.3. The SMILES string of the molecule is CC1OC(C)C(C(=O)N2CCCC(CO)C2)C1C. The van der Waals surface area contributed by atoms with Crippen molar-refractivity contribution in [1.82, 2.24) is 4.90 Å². The van der Waals surface area contributed by atoms with Crippen molar-refractivity contribution in [2.45, 2.75) is 45.8 Å². The van der Waals surface area contributed by atoms with Crippen molar-refractivity contribution >= 4 is 5.91 Å². The predicted octanol–water partition coefficient (Wildman–Crippen LogP) is 1.28. The zero-order valence-electron chi connectivity index (χ0n) is 11.6. The van der Waals surface area contributed by atoms with E-state index in [-0.39, 0.29) is 42.5 Å². The van der Waals surface area contributed by atoms with Crippen LogP contribution in [0.1, 0.15) is 33.6 Å². The number of carbonyl (C=O) groups is 1. The summed E-state index contributed by atoms with van der Waals surface area (Å²) in [4.78, 5) is 14.5. The van der Waals surface area contributed by atoms with Crippen LogP contribution < -0.4 is 0 Å². The number of hydrogen-bond acceptors (Lipinski definition) is 3. The second-order valence-corrected chi connectivity index (χ2v) is 5.91. The first kappa shape index (κ1) is 13.8. The van der Waals surface area contributed by atoms with E-state index in [0.717, 1.165) is 19.4 Å². The normalized spacial score (nSPS) is 41.1. The first-order valence-corrected chi connectivity index (χ1v) is 7.09. The highest BCUT2D eigenvalue weighted by Crippen LogP contribution is 2.34. The standard InChI is InChI=1S/C14H25NO3/c1-9-10(2)18-11(3)13(9)14(17)15-6-4-5-12(7-15)8-16/h9-13,16H,4-8H2,1-3H3. The summed E-state index contributed by atoms with van der Waals surface area (Å²) in [5.74, 6) is 0.741. The Kier molecular flexibility index (Phi) is 4.28. The molecule has 2 heterocycles. The van der Waals surface area contributed by atoms with Crippen LogP contribution in [0.2, 0.25) is 0 Å². The fraction of sp³-hybridized carbons (Fsp3) is 0.929. The molecule has 0 spiro atoms. The van der Waals surface area contributed by atoms with Gasteiger partial charge in [-0.2, -0.15) is 0 Å². The second-order valence-electron chi connectivity index (χ2n) is 5.91. The van der Waals surface area contributed by atoms with Gasteiger partial charge in [0.2, 0.25) is 5.91 Å². The lowest BCUT2D eigenvalue weighted by molar-refractivity contribution is -0.140. The molecule has 0 aromatic heterocycles. The van der Waals surface area contributed by atoms with Crippen LogP contribution >= 0.6 is 0 Å². The molecule has 4 heteroatoms. The topological polar surface area (TPSA) is 49.8 Å². The summed E-state index contributed by atoms with van der Waals surface area (Å²) in [6, 6.07) is 0. The smallest absolute Gasteiger partial charge is 0.228 e. The van der Waals surface area contributed by atoms with Crippen molar-refractivity contribution in [3.05, 3.63) is 0 Å². The lowest BCUT2D eigenvalue weighted by Gasteiger charge is -2.35. The van der Waals surface area contributed by atoms with Gasteiger partial charge < -0.3 is 14.7 Å². The number of piperidine rings is 1. The largest absolute Gasteiger partial charge is 0.396 e. The van der Waals surface area contributed by atoms with Gasteiger partial charge in [0.25, 0.3) is 0 Å². The molecule has 0 aliphatic carbocycles. The maximum atomic E-state index is 12.6. The van der Waals surface area contributed by atoms with Gasteiger partial charge in [-0.05, 0) is 38.5 Å². The molecule has 2 fully saturated rings. The molecule has 0 radical (unpaired) electrons. The number of aliphatic hydroxyl groups is 1. The molecule has 0 aromatic rings. The van der Waals surface area contributed by atoms with Gasteiger partial charge in [0, 0.05) is 19.7 Å². The van der Waals surface area contributed by atoms with Crippen LogP contribution in [0.15, 0.2) is 0 Å². The molecule has 0 bridgehead atoms. The van der Waals surface area contributed by atoms with Crippen LogP contribution in [-0.4, -0.2) is 47.8 Å². The molecule has 1 N–H and O–H groups in total. The van der Waals surface area contributed by atoms with E-state index in [0.29, 0.717) is 6.54 Å². The Bertz CT molecular complexity index is 307. The third-order valence-corrected chi connectivity index (χ3v) is 4.62. The second kappa shape index (κ2) is 5.57. The predicted molar refractivity (Wildman–Crippen MR) is 69.1 cm³/mol. The Morgan fingerprint density at radius 1 is 1.33 bits per heavy atom. The average molecular weight is 255 g/mol. The minimum absolute atomic E-state index is 0.0111. The summed E-state index contributed by atoms with van der Waals surface area (Å²) in [5, 5.41) is 9.24. The van der Waals surface area contributed by atoms with Crippen LogP contribution in [-0.2, 0) is 9.53 Å². The van der Waals surface area contributed by atoms with Gasteiger partial charge in [-0.3, -0.25) is 4.79 Å². The van der Waals surface area contributed by atoms with E-state index in [1.165, 1.54) is 0 Å². The molecular formula is C14H25NO3. The van der Waals surface area contributed by atoms with Gasteiger partial charge in [0.15, 0.2) is 0 Å². The summed E-state index contributed by atoms with van der Waals surface area (Å²) >= 11 is 0. The number of aliphatic hydroxyl groups excluding tert-OH is 1. The molecule has 5 atom stereocenters. The maximum Gasteiger partial charge on any atom is 0.228 e. The summed E-state index contributed by atoms with van der Waals surface area (Å²) < 4.78 is 5.75. The molecule has 5 unspecified atom stereocenters. The molecule has 2 rings (SSSR count). The highest BCUT2D eigenvalue weighted by atomic mass is 16.5. The molecule has 2 aliphatic rings. The Balaban J connectivity index is 2.02. The fourth-order valence-electron chi connectivity index (χ4n) is 3.32. The van der Waals surface area contributed by atoms with Crippen LogP contribution in [0.25, 0.3) is 0 Å². The maximum absolute atomic E-state index is 12.6. The summed E-state index contributed by atoms with van der Waals surface area (Å²) in [6.07, 6.45) is 2.20. The molecule has 2 saturated heterocycles. The lowest BCUT2D eigenvalue weighted by atomic mass is 9.87. The Labute approximate surface area is 109 Å². The number of carbonyl (C=O) groups excluding carboxylic acids is 1. The van der Waals surface area contributed by atoms with E-state index in [1.54, 1.807) is 0 Å². The number of hydrogen-bond donors (Lipinski definition) is 1. The Morgan fingerprint density at radius 3 is 2.61 bits per heavy atom. The van der Waals surface area contributed by atoms with E-state index in [1.807, 2.05) is 18.7 Å². The molecular weight excluding hydrogens is 230 g/mol. The molecule has 0 aromatic carbocycles. The first-order chi connectivity index (χ1) is 8.54. The summed E-state index contributed by atoms with van der Waals surface area (Å²) in [7, 11) is 0. The third kappa shape index (κ3) is 2.54. The van der Waals surface area contributed by atoms with E-state index in [2.05, 4.69) is 6.92 Å². The van der Waals surface area contributed by atoms with Crippen molar-refractivity contribution in [3.8, 4) is 0 Å². The van der Waals surface area contributed by atoms with Crippen molar-refractivity contribution in [2.24, 2.45) is 17.8 Å². The average Bonchev–Trinajstić information content (AvgIpc) is 2.62. The number of amides is 1. The van der Waals surface area contributed by atoms with Gasteiger partial charge in [-0.15, -0.1) is 0 Å². The minimum atomic E-state index is -0.0163. The van der Waals surface area contributed by atoms with Crippen molar-refractivity contribution in [2.75, 3.05) is 19.7 Å². The van der Waals surface area contributed by atoms with Crippen LogP contribution in [0.4, 0.5) is 0 Å². The Morgan fingerprint density at radius 2 is 2.06 bits per heavy atom. The first-order valence-electron chi connectivity index (χ1n) is 7.09. The zero-order valence-corrected chi connectivity index (χ0v) is 11.6. The van der Waals surface area contributed by atoms with Gasteiger partial charge in [0.1, 0.15) is 0 Å². The molecule has 2 aliphatic heterocycles. The molecule has 0 saturated carbocycles. The minimum Gasteiger partial charge on any atom is -0.396 e. The Hall–Kier alpha value is -0.610. The van der Waals surface area contributed by atoms with Crippen LogP contribution in [0.5, 0.6) is 0 Å². The van der Waals surface area contributed by atoms with Gasteiger partial charge in [-0.25, -0.2) is 0 Å². The number of nitrogens with zero attached hydrogens (tertiary/aromatic N) is 1. The molecule has 18 heavy (non-hydrogen) atoms. The van der Waals surface area contributed by atoms with Crippen LogP contribution in [0, 0.1) is 17.8 Å². The highest BCUT2D eigenvalue weighted by Gasteiger charge is 2.43. The highest BCUT2D eigenvalue weighted by molar-refractivity contribution is 5.80. The van der Waals surface area contributed by atoms with Crippen molar-refractivity contribution in [3.63, 3.8) is 0 Å². The van der Waals surface area contributed by atoms with Gasteiger partial charge in [-0.1, -0.05) is 6.92 Å². The summed E-state index contributed by atoms with van der Waals surface area (Å²) in [5.41, 5.74) is 0. The number of likely N-dealkylation sites (tertiary alicyclic amines) is 1. The fourth-order valence-corrected chi connectivity index (χ4v) is 3.32. The molecule has 104 valence electrons. The van der Waals surface area contributed by atoms with E-state index in [4.69, 9.17) is 4.74 Å². The van der Waals surface area contributed by atoms with Crippen LogP contribution in [0.3, 0.4) is 0 Å². The third-order valence-electron chi connectivity index (χ3n) is 4.62. The van der Waals surface area contributed by atoms with E-state index >= 15 is 0 Å². The number of rotatable bonds is 2. The van der Waals surface area contributed by atoms with Gasteiger partial charge >= 0.3 is 0 Å². The van der Waals surface area contributed by atoms with Crippen molar-refractivity contribution < 1.29 is 14.6 Å². The summed E-state index contributed by atoms with van der Waals surface area (Å²) in [6.45, 7) is 7.87. The molecule has 1 amide bonds. The monoisotopic (exact) mass is 255 g/mol.